The molecule has 5 nitrogen and oxygen atoms in total. The minimum absolute atomic E-state index is 0.0739. The Hall–Kier alpha value is -2.73. The molecule has 0 saturated heterocycles. The number of thiocarbonyl (C=S) groups is 1. The van der Waals surface area contributed by atoms with Crippen LogP contribution < -0.4 is 16.0 Å². The van der Waals surface area contributed by atoms with Gasteiger partial charge in [0.15, 0.2) is 5.11 Å². The third kappa shape index (κ3) is 13.1. The normalized spacial score (nSPS) is 10.5. The number of carbonyl (C=O) groups excluding carboxylic acids is 2. The van der Waals surface area contributed by atoms with Crippen molar-refractivity contribution >= 4 is 34.8 Å². The number of carbonyl (C=O) groups is 2. The first-order valence-electron chi connectivity index (χ1n) is 13.1. The van der Waals surface area contributed by atoms with Crippen LogP contribution in [0, 0.1) is 0 Å². The number of amides is 2. The summed E-state index contributed by atoms with van der Waals surface area (Å²) in [5.74, 6) is -0.237. The summed E-state index contributed by atoms with van der Waals surface area (Å²) in [5, 5.41) is 8.91. The molecule has 6 heteroatoms. The Labute approximate surface area is 216 Å². The molecule has 0 atom stereocenters. The molecule has 2 aromatic carbocycles. The standard InChI is InChI=1S/C29H41N3O2S/c1-2-3-4-5-6-7-8-9-10-11-15-21-27(33)32-29(35)31-26-20-16-19-25(22-26)28(34)30-23-24-17-13-12-14-18-24/h12-14,16-20,22H,2-11,15,21,23H2,1H3,(H,30,34)(H2,31,32,33,35). The molecule has 0 fully saturated rings. The highest BCUT2D eigenvalue weighted by Gasteiger charge is 2.08. The quantitative estimate of drug-likeness (QED) is 0.171. The highest BCUT2D eigenvalue weighted by atomic mass is 32.1. The molecule has 0 unspecified atom stereocenters. The lowest BCUT2D eigenvalue weighted by molar-refractivity contribution is -0.119. The van der Waals surface area contributed by atoms with E-state index in [1.54, 1.807) is 18.2 Å². The maximum Gasteiger partial charge on any atom is 0.251 e. The molecule has 35 heavy (non-hydrogen) atoms. The van der Waals surface area contributed by atoms with Gasteiger partial charge in [-0.25, -0.2) is 0 Å². The molecule has 2 amide bonds. The molecule has 0 heterocycles. The molecule has 0 aliphatic heterocycles. The fraction of sp³-hybridized carbons (Fsp3) is 0.483. The van der Waals surface area contributed by atoms with E-state index >= 15 is 0 Å². The maximum absolute atomic E-state index is 12.5. The molecule has 0 aliphatic rings. The zero-order valence-corrected chi connectivity index (χ0v) is 21.9. The number of anilines is 1. The van der Waals surface area contributed by atoms with Gasteiger partial charge >= 0.3 is 0 Å². The van der Waals surface area contributed by atoms with Crippen LogP contribution in [0.1, 0.15) is 99.9 Å². The van der Waals surface area contributed by atoms with Crippen LogP contribution in [0.3, 0.4) is 0 Å². The van der Waals surface area contributed by atoms with Crippen LogP contribution in [-0.4, -0.2) is 16.9 Å². The number of hydrogen-bond acceptors (Lipinski definition) is 3. The first-order valence-corrected chi connectivity index (χ1v) is 13.5. The molecule has 0 saturated carbocycles. The van der Waals surface area contributed by atoms with Gasteiger partial charge in [-0.05, 0) is 42.4 Å². The van der Waals surface area contributed by atoms with Crippen LogP contribution in [0.2, 0.25) is 0 Å². The Bertz CT molecular complexity index is 902. The lowest BCUT2D eigenvalue weighted by atomic mass is 10.1. The van der Waals surface area contributed by atoms with E-state index in [2.05, 4.69) is 22.9 Å². The Morgan fingerprint density at radius 1 is 0.771 bits per heavy atom. The summed E-state index contributed by atoms with van der Waals surface area (Å²) in [5.41, 5.74) is 2.23. The molecule has 0 aromatic heterocycles. The second-order valence-corrected chi connectivity index (χ2v) is 9.45. The van der Waals surface area contributed by atoms with E-state index < -0.39 is 0 Å². The van der Waals surface area contributed by atoms with Crippen molar-refractivity contribution in [2.75, 3.05) is 5.32 Å². The van der Waals surface area contributed by atoms with Gasteiger partial charge in [-0.3, -0.25) is 9.59 Å². The fourth-order valence-electron chi connectivity index (χ4n) is 3.92. The van der Waals surface area contributed by atoms with Gasteiger partial charge in [0.2, 0.25) is 5.91 Å². The van der Waals surface area contributed by atoms with E-state index in [9.17, 15) is 9.59 Å². The zero-order chi connectivity index (χ0) is 25.1. The molecule has 0 aliphatic carbocycles. The van der Waals surface area contributed by atoms with Gasteiger partial charge in [0.25, 0.3) is 5.91 Å². The highest BCUT2D eigenvalue weighted by molar-refractivity contribution is 7.80. The highest BCUT2D eigenvalue weighted by Crippen LogP contribution is 2.13. The number of nitrogens with one attached hydrogen (secondary N) is 3. The molecule has 3 N–H and O–H groups in total. The summed E-state index contributed by atoms with van der Waals surface area (Å²) in [7, 11) is 0. The van der Waals surface area contributed by atoms with Crippen molar-refractivity contribution < 1.29 is 9.59 Å². The van der Waals surface area contributed by atoms with Gasteiger partial charge in [0.1, 0.15) is 0 Å². The summed E-state index contributed by atoms with van der Waals surface area (Å²) < 4.78 is 0. The minimum atomic E-state index is -0.163. The van der Waals surface area contributed by atoms with Crippen LogP contribution in [0.5, 0.6) is 0 Å². The van der Waals surface area contributed by atoms with Crippen molar-refractivity contribution in [3.63, 3.8) is 0 Å². The van der Waals surface area contributed by atoms with E-state index in [4.69, 9.17) is 12.2 Å². The molecular formula is C29H41N3O2S. The van der Waals surface area contributed by atoms with Gasteiger partial charge < -0.3 is 16.0 Å². The predicted molar refractivity (Wildman–Crippen MR) is 149 cm³/mol. The van der Waals surface area contributed by atoms with E-state index in [0.29, 0.717) is 24.2 Å². The second kappa shape index (κ2) is 17.7. The average molecular weight is 496 g/mol. The third-order valence-electron chi connectivity index (χ3n) is 5.94. The van der Waals surface area contributed by atoms with Crippen molar-refractivity contribution in [2.24, 2.45) is 0 Å². The van der Waals surface area contributed by atoms with E-state index in [1.165, 1.54) is 57.8 Å². The molecular weight excluding hydrogens is 454 g/mol. The molecule has 190 valence electrons. The van der Waals surface area contributed by atoms with Crippen LogP contribution in [0.25, 0.3) is 0 Å². The fourth-order valence-corrected chi connectivity index (χ4v) is 4.15. The number of rotatable bonds is 16. The van der Waals surface area contributed by atoms with Crippen molar-refractivity contribution in [1.29, 1.82) is 0 Å². The second-order valence-electron chi connectivity index (χ2n) is 9.04. The molecule has 2 rings (SSSR count). The molecule has 0 spiro atoms. The molecule has 0 radical (unpaired) electrons. The number of benzene rings is 2. The zero-order valence-electron chi connectivity index (χ0n) is 21.1. The SMILES string of the molecule is CCCCCCCCCCCCCC(=O)NC(=S)Nc1cccc(C(=O)NCc2ccccc2)c1. The first kappa shape index (κ1) is 28.5. The van der Waals surface area contributed by atoms with Gasteiger partial charge in [0.05, 0.1) is 0 Å². The summed E-state index contributed by atoms with van der Waals surface area (Å²) in [6, 6.07) is 16.8. The summed E-state index contributed by atoms with van der Waals surface area (Å²) in [4.78, 5) is 24.7. The lowest BCUT2D eigenvalue weighted by Gasteiger charge is -2.11. The van der Waals surface area contributed by atoms with E-state index in [-0.39, 0.29) is 16.9 Å². The topological polar surface area (TPSA) is 70.2 Å². The van der Waals surface area contributed by atoms with Gasteiger partial charge in [-0.1, -0.05) is 108 Å². The Kier molecular flexibility index (Phi) is 14.4. The van der Waals surface area contributed by atoms with E-state index in [0.717, 1.165) is 18.4 Å². The monoisotopic (exact) mass is 495 g/mol. The third-order valence-corrected chi connectivity index (χ3v) is 6.14. The first-order chi connectivity index (χ1) is 17.1. The van der Waals surface area contributed by atoms with Gasteiger partial charge in [-0.2, -0.15) is 0 Å². The van der Waals surface area contributed by atoms with Crippen LogP contribution in [0.4, 0.5) is 5.69 Å². The van der Waals surface area contributed by atoms with Crippen molar-refractivity contribution in [1.82, 2.24) is 10.6 Å². The van der Waals surface area contributed by atoms with Gasteiger partial charge in [-0.15, -0.1) is 0 Å². The van der Waals surface area contributed by atoms with E-state index in [1.807, 2.05) is 36.4 Å². The smallest absolute Gasteiger partial charge is 0.251 e. The molecule has 2 aromatic rings. The maximum atomic E-state index is 12.5. The number of unbranched alkanes of at least 4 members (excludes halogenated alkanes) is 10. The largest absolute Gasteiger partial charge is 0.348 e. The Morgan fingerprint density at radius 3 is 2.06 bits per heavy atom. The van der Waals surface area contributed by atoms with Crippen molar-refractivity contribution in [3.05, 3.63) is 65.7 Å². The molecule has 0 bridgehead atoms. The summed E-state index contributed by atoms with van der Waals surface area (Å²) in [6.45, 7) is 2.71. The Balaban J connectivity index is 1.59. The summed E-state index contributed by atoms with van der Waals surface area (Å²) >= 11 is 5.28. The summed E-state index contributed by atoms with van der Waals surface area (Å²) in [6.07, 6.45) is 14.3. The van der Waals surface area contributed by atoms with Crippen molar-refractivity contribution in [3.8, 4) is 0 Å². The van der Waals surface area contributed by atoms with Crippen molar-refractivity contribution in [2.45, 2.75) is 90.5 Å². The van der Waals surface area contributed by atoms with Gasteiger partial charge in [0, 0.05) is 24.2 Å². The van der Waals surface area contributed by atoms with Crippen LogP contribution in [0.15, 0.2) is 54.6 Å². The minimum Gasteiger partial charge on any atom is -0.348 e. The predicted octanol–water partition coefficient (Wildman–Crippen LogP) is 7.13. The Morgan fingerprint density at radius 2 is 1.40 bits per heavy atom. The lowest BCUT2D eigenvalue weighted by Crippen LogP contribution is -2.34. The average Bonchev–Trinajstić information content (AvgIpc) is 2.86. The van der Waals surface area contributed by atoms with Crippen LogP contribution in [-0.2, 0) is 11.3 Å². The number of hydrogen-bond donors (Lipinski definition) is 3. The van der Waals surface area contributed by atoms with Crippen LogP contribution >= 0.6 is 12.2 Å².